The van der Waals surface area contributed by atoms with Gasteiger partial charge in [-0.05, 0) is 50.5 Å². The van der Waals surface area contributed by atoms with Crippen LogP contribution in [0.5, 0.6) is 17.2 Å². The third-order valence-electron chi connectivity index (χ3n) is 6.30. The number of rotatable bonds is 7. The van der Waals surface area contributed by atoms with Crippen molar-refractivity contribution in [2.24, 2.45) is 0 Å². The fraction of sp³-hybridized carbons (Fsp3) is 0.480. The highest BCUT2D eigenvalue weighted by Crippen LogP contribution is 2.42. The Morgan fingerprint density at radius 1 is 1.10 bits per heavy atom. The van der Waals surface area contributed by atoms with Gasteiger partial charge in [0.25, 0.3) is 5.91 Å². The van der Waals surface area contributed by atoms with Gasteiger partial charge in [0.05, 0.1) is 7.11 Å². The average Bonchev–Trinajstić information content (AvgIpc) is 3.34. The number of ether oxygens (including phenoxy) is 3. The summed E-state index contributed by atoms with van der Waals surface area (Å²) in [7, 11) is 1.68. The number of para-hydroxylation sites is 1. The molecule has 1 aliphatic heterocycles. The number of carbonyl (C=O) groups excluding carboxylic acids is 1. The van der Waals surface area contributed by atoms with E-state index >= 15 is 0 Å². The van der Waals surface area contributed by atoms with Crippen LogP contribution in [0.2, 0.25) is 0 Å². The number of methoxy groups -OCH3 is 1. The molecule has 30 heavy (non-hydrogen) atoms. The van der Waals surface area contributed by atoms with E-state index in [2.05, 4.69) is 37.4 Å². The fourth-order valence-corrected chi connectivity index (χ4v) is 4.73. The highest BCUT2D eigenvalue weighted by atomic mass is 16.5. The molecule has 0 atom stereocenters. The Kier molecular flexibility index (Phi) is 5.63. The molecule has 0 aromatic heterocycles. The van der Waals surface area contributed by atoms with Crippen LogP contribution >= 0.6 is 0 Å². The van der Waals surface area contributed by atoms with Crippen LogP contribution in [-0.4, -0.2) is 31.8 Å². The molecule has 0 unspecified atom stereocenters. The van der Waals surface area contributed by atoms with Gasteiger partial charge in [-0.2, -0.15) is 0 Å². The Labute approximate surface area is 178 Å². The summed E-state index contributed by atoms with van der Waals surface area (Å²) >= 11 is 0. The number of amides is 1. The maximum absolute atomic E-state index is 12.6. The number of carbonyl (C=O) groups is 1. The summed E-state index contributed by atoms with van der Waals surface area (Å²) in [4.78, 5) is 12.6. The molecule has 1 aliphatic carbocycles. The molecule has 2 aliphatic rings. The third kappa shape index (κ3) is 4.25. The summed E-state index contributed by atoms with van der Waals surface area (Å²) < 4.78 is 17.1. The molecule has 0 radical (unpaired) electrons. The molecule has 160 valence electrons. The van der Waals surface area contributed by atoms with Gasteiger partial charge in [0, 0.05) is 23.9 Å². The Balaban J connectivity index is 1.37. The molecule has 0 spiro atoms. The normalized spacial score (nSPS) is 18.4. The highest BCUT2D eigenvalue weighted by molar-refractivity contribution is 5.77. The zero-order valence-corrected chi connectivity index (χ0v) is 18.1. The predicted octanol–water partition coefficient (Wildman–Crippen LogP) is 4.42. The summed E-state index contributed by atoms with van der Waals surface area (Å²) in [5, 5.41) is 3.11. The third-order valence-corrected chi connectivity index (χ3v) is 6.30. The van der Waals surface area contributed by atoms with Crippen molar-refractivity contribution in [1.82, 2.24) is 5.32 Å². The van der Waals surface area contributed by atoms with Crippen LogP contribution in [0.15, 0.2) is 42.5 Å². The lowest BCUT2D eigenvalue weighted by Crippen LogP contribution is -2.40. The first-order valence-corrected chi connectivity index (χ1v) is 10.8. The molecule has 1 heterocycles. The zero-order chi connectivity index (χ0) is 21.2. The van der Waals surface area contributed by atoms with Gasteiger partial charge >= 0.3 is 0 Å². The van der Waals surface area contributed by atoms with Gasteiger partial charge in [-0.15, -0.1) is 0 Å². The second kappa shape index (κ2) is 8.21. The van der Waals surface area contributed by atoms with E-state index in [1.807, 2.05) is 24.3 Å². The van der Waals surface area contributed by atoms with E-state index in [-0.39, 0.29) is 23.5 Å². The Morgan fingerprint density at radius 3 is 2.53 bits per heavy atom. The molecular weight excluding hydrogens is 378 g/mol. The zero-order valence-electron chi connectivity index (χ0n) is 18.1. The molecule has 5 nitrogen and oxygen atoms in total. The van der Waals surface area contributed by atoms with E-state index in [0.29, 0.717) is 12.3 Å². The van der Waals surface area contributed by atoms with Gasteiger partial charge < -0.3 is 19.5 Å². The fourth-order valence-electron chi connectivity index (χ4n) is 4.73. The van der Waals surface area contributed by atoms with Gasteiger partial charge in [0.2, 0.25) is 0 Å². The lowest BCUT2D eigenvalue weighted by atomic mass is 9.79. The minimum Gasteiger partial charge on any atom is -0.497 e. The van der Waals surface area contributed by atoms with Crippen molar-refractivity contribution in [3.63, 3.8) is 0 Å². The van der Waals surface area contributed by atoms with Gasteiger partial charge in [0.15, 0.2) is 18.1 Å². The number of hydrogen-bond donors (Lipinski definition) is 1. The average molecular weight is 410 g/mol. The van der Waals surface area contributed by atoms with Crippen molar-refractivity contribution in [3.8, 4) is 17.2 Å². The minimum absolute atomic E-state index is 0.0109. The Morgan fingerprint density at radius 2 is 1.83 bits per heavy atom. The molecule has 1 amide bonds. The van der Waals surface area contributed by atoms with E-state index in [0.717, 1.165) is 36.3 Å². The van der Waals surface area contributed by atoms with Crippen LogP contribution < -0.4 is 19.5 Å². The maximum atomic E-state index is 12.6. The summed E-state index contributed by atoms with van der Waals surface area (Å²) in [5.41, 5.74) is 2.14. The number of nitrogens with one attached hydrogen (secondary N) is 1. The lowest BCUT2D eigenvalue weighted by Gasteiger charge is -2.30. The van der Waals surface area contributed by atoms with E-state index < -0.39 is 0 Å². The first-order chi connectivity index (χ1) is 14.4. The van der Waals surface area contributed by atoms with Crippen LogP contribution in [0.1, 0.15) is 50.7 Å². The minimum atomic E-state index is -0.239. The smallest absolute Gasteiger partial charge is 0.257 e. The number of hydrogen-bond acceptors (Lipinski definition) is 4. The molecule has 1 saturated carbocycles. The maximum Gasteiger partial charge on any atom is 0.257 e. The van der Waals surface area contributed by atoms with Crippen LogP contribution in [-0.2, 0) is 16.6 Å². The van der Waals surface area contributed by atoms with E-state index in [9.17, 15) is 4.79 Å². The van der Waals surface area contributed by atoms with Crippen molar-refractivity contribution in [2.75, 3.05) is 20.3 Å². The van der Waals surface area contributed by atoms with Crippen molar-refractivity contribution >= 4 is 5.91 Å². The van der Waals surface area contributed by atoms with Crippen LogP contribution in [0.25, 0.3) is 0 Å². The number of benzene rings is 2. The largest absolute Gasteiger partial charge is 0.497 e. The van der Waals surface area contributed by atoms with E-state index in [1.165, 1.54) is 18.4 Å². The second-order valence-corrected chi connectivity index (χ2v) is 9.06. The molecule has 0 saturated heterocycles. The van der Waals surface area contributed by atoms with Crippen molar-refractivity contribution in [2.45, 2.75) is 57.0 Å². The number of fused-ring (bicyclic) bond motifs is 1. The first-order valence-electron chi connectivity index (χ1n) is 10.8. The molecule has 5 heteroatoms. The lowest BCUT2D eigenvalue weighted by molar-refractivity contribution is -0.123. The second-order valence-electron chi connectivity index (χ2n) is 9.06. The molecular formula is C25H31NO4. The SMILES string of the molecule is COc1ccc(C2(CNC(=O)COc3cccc4c3OC(C)(C)C4)CCCC2)cc1. The standard InChI is InChI=1S/C25H31NO4/c1-24(2)15-18-7-6-8-21(23(18)30-24)29-16-22(27)26-17-25(13-4-5-14-25)19-9-11-20(28-3)12-10-19/h6-12H,4-5,13-17H2,1-3H3,(H,26,27). The van der Waals surface area contributed by atoms with Crippen LogP contribution in [0.3, 0.4) is 0 Å². The quantitative estimate of drug-likeness (QED) is 0.736. The van der Waals surface area contributed by atoms with Crippen LogP contribution in [0, 0.1) is 0 Å². The van der Waals surface area contributed by atoms with Gasteiger partial charge in [-0.1, -0.05) is 37.1 Å². The molecule has 2 aromatic rings. The summed E-state index contributed by atoms with van der Waals surface area (Å²) in [5.74, 6) is 2.15. The molecule has 4 rings (SSSR count). The summed E-state index contributed by atoms with van der Waals surface area (Å²) in [6.45, 7) is 4.73. The van der Waals surface area contributed by atoms with Crippen molar-refractivity contribution < 1.29 is 19.0 Å². The first kappa shape index (κ1) is 20.6. The summed E-state index contributed by atoms with van der Waals surface area (Å²) in [6.07, 6.45) is 5.37. The van der Waals surface area contributed by atoms with Crippen molar-refractivity contribution in [3.05, 3.63) is 53.6 Å². The molecule has 2 aromatic carbocycles. The predicted molar refractivity (Wildman–Crippen MR) is 116 cm³/mol. The van der Waals surface area contributed by atoms with Gasteiger partial charge in [-0.25, -0.2) is 0 Å². The molecule has 1 fully saturated rings. The van der Waals surface area contributed by atoms with Crippen LogP contribution in [0.4, 0.5) is 0 Å². The molecule has 0 bridgehead atoms. The Bertz CT molecular complexity index is 898. The highest BCUT2D eigenvalue weighted by Gasteiger charge is 2.36. The van der Waals surface area contributed by atoms with Gasteiger partial charge in [0.1, 0.15) is 11.4 Å². The topological polar surface area (TPSA) is 56.8 Å². The Hall–Kier alpha value is -2.69. The van der Waals surface area contributed by atoms with Crippen molar-refractivity contribution in [1.29, 1.82) is 0 Å². The summed E-state index contributed by atoms with van der Waals surface area (Å²) in [6, 6.07) is 14.1. The molecule has 1 N–H and O–H groups in total. The van der Waals surface area contributed by atoms with Gasteiger partial charge in [-0.3, -0.25) is 4.79 Å². The van der Waals surface area contributed by atoms with E-state index in [4.69, 9.17) is 14.2 Å². The monoisotopic (exact) mass is 409 g/mol. The van der Waals surface area contributed by atoms with E-state index in [1.54, 1.807) is 7.11 Å².